The first-order chi connectivity index (χ1) is 8.29. The maximum atomic E-state index is 4.25. The van der Waals surface area contributed by atoms with Gasteiger partial charge in [0.1, 0.15) is 0 Å². The van der Waals surface area contributed by atoms with Crippen LogP contribution in [0.3, 0.4) is 0 Å². The van der Waals surface area contributed by atoms with Gasteiger partial charge in [0.05, 0.1) is 11.2 Å². The lowest BCUT2D eigenvalue weighted by Crippen LogP contribution is -2.04. The number of benzene rings is 1. The summed E-state index contributed by atoms with van der Waals surface area (Å²) in [7, 11) is 0. The summed E-state index contributed by atoms with van der Waals surface area (Å²) < 4.78 is 0. The highest BCUT2D eigenvalue weighted by atomic mass is 32.2. The van der Waals surface area contributed by atoms with E-state index in [4.69, 9.17) is 0 Å². The van der Waals surface area contributed by atoms with Gasteiger partial charge in [0.25, 0.3) is 0 Å². The summed E-state index contributed by atoms with van der Waals surface area (Å²) in [6.07, 6.45) is 3.13. The molecule has 1 aromatic carbocycles. The number of rotatable bonds is 5. The summed E-state index contributed by atoms with van der Waals surface area (Å²) in [5, 5.41) is 3.43. The average Bonchev–Trinajstić information content (AvgIpc) is 2.76. The molecule has 2 nitrogen and oxygen atoms in total. The maximum absolute atomic E-state index is 4.25. The van der Waals surface area contributed by atoms with Crippen LogP contribution in [-0.4, -0.2) is 17.8 Å². The number of nitrogens with zero attached hydrogens (tertiary/aromatic N) is 1. The molecule has 0 saturated carbocycles. The molecule has 2 rings (SSSR count). The molecule has 1 aromatic heterocycles. The van der Waals surface area contributed by atoms with Crippen LogP contribution in [0.4, 0.5) is 5.69 Å². The average molecular weight is 264 g/mol. The van der Waals surface area contributed by atoms with Gasteiger partial charge in [0, 0.05) is 28.4 Å². The second kappa shape index (κ2) is 6.07. The number of thioether (sulfide) groups is 1. The molecule has 1 N–H and O–H groups in total. The van der Waals surface area contributed by atoms with Gasteiger partial charge in [-0.05, 0) is 37.4 Å². The van der Waals surface area contributed by atoms with E-state index in [1.165, 1.54) is 15.5 Å². The molecule has 0 aliphatic rings. The molecule has 90 valence electrons. The highest BCUT2D eigenvalue weighted by Crippen LogP contribution is 2.18. The minimum absolute atomic E-state index is 0.960. The highest BCUT2D eigenvalue weighted by molar-refractivity contribution is 7.98. The Bertz CT molecular complexity index is 463. The molecule has 1 heterocycles. The second-order valence-electron chi connectivity index (χ2n) is 3.77. The summed E-state index contributed by atoms with van der Waals surface area (Å²) in [5.41, 5.74) is 4.26. The van der Waals surface area contributed by atoms with E-state index >= 15 is 0 Å². The largest absolute Gasteiger partial charge is 0.385 e. The van der Waals surface area contributed by atoms with Gasteiger partial charge in [-0.1, -0.05) is 0 Å². The van der Waals surface area contributed by atoms with Crippen LogP contribution >= 0.6 is 23.1 Å². The topological polar surface area (TPSA) is 24.9 Å². The molecule has 0 atom stereocenters. The minimum Gasteiger partial charge on any atom is -0.385 e. The zero-order valence-corrected chi connectivity index (χ0v) is 11.7. The Morgan fingerprint density at radius 2 is 2.06 bits per heavy atom. The van der Waals surface area contributed by atoms with Crippen molar-refractivity contribution in [2.75, 3.05) is 18.1 Å². The van der Waals surface area contributed by atoms with Crippen LogP contribution < -0.4 is 5.32 Å². The third kappa shape index (κ3) is 3.48. The standard InChI is InChI=1S/C13H16N2S2/c1-10-13(17-9-15-10)7-8-14-11-3-5-12(16-2)6-4-11/h3-6,9,14H,7-8H2,1-2H3. The van der Waals surface area contributed by atoms with Crippen molar-refractivity contribution in [2.24, 2.45) is 0 Å². The number of anilines is 1. The van der Waals surface area contributed by atoms with Gasteiger partial charge in [-0.15, -0.1) is 23.1 Å². The van der Waals surface area contributed by atoms with Crippen LogP contribution in [0.15, 0.2) is 34.7 Å². The van der Waals surface area contributed by atoms with Crippen LogP contribution in [0.5, 0.6) is 0 Å². The van der Waals surface area contributed by atoms with Gasteiger partial charge < -0.3 is 5.32 Å². The number of hydrogen-bond donors (Lipinski definition) is 1. The van der Waals surface area contributed by atoms with Gasteiger partial charge in [0.2, 0.25) is 0 Å². The van der Waals surface area contributed by atoms with Crippen molar-refractivity contribution in [3.05, 3.63) is 40.3 Å². The van der Waals surface area contributed by atoms with Crippen LogP contribution in [0, 0.1) is 6.92 Å². The molecule has 0 fully saturated rings. The number of aryl methyl sites for hydroxylation is 1. The monoisotopic (exact) mass is 264 g/mol. The van der Waals surface area contributed by atoms with E-state index in [9.17, 15) is 0 Å². The van der Waals surface area contributed by atoms with Gasteiger partial charge in [0.15, 0.2) is 0 Å². The highest BCUT2D eigenvalue weighted by Gasteiger charge is 2.00. The Kier molecular flexibility index (Phi) is 4.45. The molecule has 0 aliphatic heterocycles. The van der Waals surface area contributed by atoms with Gasteiger partial charge in [-0.3, -0.25) is 0 Å². The Labute approximate surface area is 110 Å². The first-order valence-electron chi connectivity index (χ1n) is 5.56. The summed E-state index contributed by atoms with van der Waals surface area (Å²) in [4.78, 5) is 6.93. The SMILES string of the molecule is CSc1ccc(NCCc2scnc2C)cc1. The minimum atomic E-state index is 0.960. The Morgan fingerprint density at radius 3 is 2.65 bits per heavy atom. The smallest absolute Gasteiger partial charge is 0.0797 e. The van der Waals surface area contributed by atoms with Crippen molar-refractivity contribution in [1.29, 1.82) is 0 Å². The predicted octanol–water partition coefficient (Wildman–Crippen LogP) is 3.83. The molecule has 0 spiro atoms. The van der Waals surface area contributed by atoms with E-state index in [1.807, 2.05) is 5.51 Å². The molecular formula is C13H16N2S2. The van der Waals surface area contributed by atoms with E-state index < -0.39 is 0 Å². The summed E-state index contributed by atoms with van der Waals surface area (Å²) in [5.74, 6) is 0. The van der Waals surface area contributed by atoms with E-state index in [0.29, 0.717) is 0 Å². The normalized spacial score (nSPS) is 10.5. The number of aromatic nitrogens is 1. The first-order valence-corrected chi connectivity index (χ1v) is 7.67. The van der Waals surface area contributed by atoms with E-state index in [-0.39, 0.29) is 0 Å². The van der Waals surface area contributed by atoms with E-state index in [2.05, 4.69) is 47.7 Å². The van der Waals surface area contributed by atoms with Crippen LogP contribution in [0.25, 0.3) is 0 Å². The van der Waals surface area contributed by atoms with Crippen LogP contribution in [-0.2, 0) is 6.42 Å². The van der Waals surface area contributed by atoms with E-state index in [1.54, 1.807) is 23.1 Å². The predicted molar refractivity (Wildman–Crippen MR) is 77.3 cm³/mol. The summed E-state index contributed by atoms with van der Waals surface area (Å²) in [6, 6.07) is 8.55. The molecule has 4 heteroatoms. The lowest BCUT2D eigenvalue weighted by molar-refractivity contribution is 1.02. The number of hydrogen-bond acceptors (Lipinski definition) is 4. The molecule has 0 radical (unpaired) electrons. The molecule has 17 heavy (non-hydrogen) atoms. The number of nitrogens with one attached hydrogen (secondary N) is 1. The lowest BCUT2D eigenvalue weighted by atomic mass is 10.3. The fourth-order valence-corrected chi connectivity index (χ4v) is 2.78. The molecule has 0 aliphatic carbocycles. The maximum Gasteiger partial charge on any atom is 0.0797 e. The summed E-state index contributed by atoms with van der Waals surface area (Å²) >= 11 is 3.50. The fraction of sp³-hybridized carbons (Fsp3) is 0.308. The quantitative estimate of drug-likeness (QED) is 0.831. The van der Waals surface area contributed by atoms with Gasteiger partial charge in [-0.25, -0.2) is 4.98 Å². The van der Waals surface area contributed by atoms with Crippen LogP contribution in [0.1, 0.15) is 10.6 Å². The fourth-order valence-electron chi connectivity index (χ4n) is 1.60. The van der Waals surface area contributed by atoms with Crippen molar-refractivity contribution >= 4 is 28.8 Å². The van der Waals surface area contributed by atoms with Crippen molar-refractivity contribution in [3.63, 3.8) is 0 Å². The summed E-state index contributed by atoms with van der Waals surface area (Å²) in [6.45, 7) is 3.03. The molecule has 0 unspecified atom stereocenters. The Balaban J connectivity index is 1.83. The second-order valence-corrected chi connectivity index (χ2v) is 5.59. The number of thiazole rings is 1. The first kappa shape index (κ1) is 12.5. The Hall–Kier alpha value is -1.00. The molecular weight excluding hydrogens is 248 g/mol. The van der Waals surface area contributed by atoms with Crippen molar-refractivity contribution < 1.29 is 0 Å². The third-order valence-electron chi connectivity index (χ3n) is 2.62. The molecule has 0 saturated heterocycles. The molecule has 0 bridgehead atoms. The Morgan fingerprint density at radius 1 is 1.29 bits per heavy atom. The zero-order chi connectivity index (χ0) is 12.1. The third-order valence-corrected chi connectivity index (χ3v) is 4.35. The molecule has 0 amide bonds. The van der Waals surface area contributed by atoms with Crippen molar-refractivity contribution in [2.45, 2.75) is 18.2 Å². The van der Waals surface area contributed by atoms with Crippen molar-refractivity contribution in [3.8, 4) is 0 Å². The van der Waals surface area contributed by atoms with Gasteiger partial charge >= 0.3 is 0 Å². The van der Waals surface area contributed by atoms with E-state index in [0.717, 1.165) is 18.7 Å². The molecule has 2 aromatic rings. The van der Waals surface area contributed by atoms with Gasteiger partial charge in [-0.2, -0.15) is 0 Å². The van der Waals surface area contributed by atoms with Crippen LogP contribution in [0.2, 0.25) is 0 Å². The zero-order valence-electron chi connectivity index (χ0n) is 10.1. The lowest BCUT2D eigenvalue weighted by Gasteiger charge is -2.06. The van der Waals surface area contributed by atoms with Crippen molar-refractivity contribution in [1.82, 2.24) is 4.98 Å².